The molecule has 1 fully saturated rings. The molecule has 50 heavy (non-hydrogen) atoms. The largest absolute Gasteiger partial charge is 0.445 e. The zero-order valence-corrected chi connectivity index (χ0v) is 31.0. The van der Waals surface area contributed by atoms with Gasteiger partial charge < -0.3 is 30.7 Å². The first kappa shape index (κ1) is 40.3. The molecule has 11 heteroatoms. The lowest BCUT2D eigenvalue weighted by Gasteiger charge is -2.34. The highest BCUT2D eigenvalue weighted by molar-refractivity contribution is 5.92. The van der Waals surface area contributed by atoms with Gasteiger partial charge in [-0.3, -0.25) is 14.5 Å². The van der Waals surface area contributed by atoms with Crippen LogP contribution in [0.2, 0.25) is 0 Å². The highest BCUT2D eigenvalue weighted by atomic mass is 16.6. The summed E-state index contributed by atoms with van der Waals surface area (Å²) in [6, 6.07) is 16.2. The van der Waals surface area contributed by atoms with E-state index in [9.17, 15) is 24.3 Å². The molecule has 3 rings (SSSR count). The van der Waals surface area contributed by atoms with E-state index in [-0.39, 0.29) is 25.1 Å². The standard InChI is InChI=1S/C39H59N5O6/c1-8-28(4)34(41-35(46)32-20-15-22-44(32)38(49)50-26-30-18-13-10-14-19-30)36(47)40-31(24-29-16-11-9-12-17-29)33(45)25-43(23-21-27(2)3)37(48)42-39(5,6)7/h9-14,16-19,27-28,31-34,45H,8,15,20-26H2,1-7H3,(H,40,47)(H,41,46)(H,42,48)/t28-,31-,32-,33+,34-/m0/s1. The predicted molar refractivity (Wildman–Crippen MR) is 195 cm³/mol. The van der Waals surface area contributed by atoms with Crippen LogP contribution in [-0.2, 0) is 27.4 Å². The van der Waals surface area contributed by atoms with Crippen molar-refractivity contribution in [1.29, 1.82) is 0 Å². The van der Waals surface area contributed by atoms with E-state index in [1.54, 1.807) is 4.90 Å². The van der Waals surface area contributed by atoms with Gasteiger partial charge in [0.2, 0.25) is 11.8 Å². The normalized spacial score (nSPS) is 17.0. The third-order valence-corrected chi connectivity index (χ3v) is 9.03. The number of nitrogens with one attached hydrogen (secondary N) is 3. The van der Waals surface area contributed by atoms with Crippen LogP contribution in [0.1, 0.15) is 85.3 Å². The smallest absolute Gasteiger partial charge is 0.410 e. The van der Waals surface area contributed by atoms with E-state index in [0.717, 1.165) is 17.5 Å². The molecule has 1 saturated heterocycles. The second-order valence-electron chi connectivity index (χ2n) is 14.9. The van der Waals surface area contributed by atoms with E-state index in [4.69, 9.17) is 4.74 Å². The summed E-state index contributed by atoms with van der Waals surface area (Å²) < 4.78 is 5.52. The molecule has 276 valence electrons. The van der Waals surface area contributed by atoms with Gasteiger partial charge in [-0.2, -0.15) is 0 Å². The van der Waals surface area contributed by atoms with Gasteiger partial charge in [0.25, 0.3) is 0 Å². The van der Waals surface area contributed by atoms with Gasteiger partial charge in [0.15, 0.2) is 0 Å². The second-order valence-corrected chi connectivity index (χ2v) is 14.9. The van der Waals surface area contributed by atoms with Crippen molar-refractivity contribution in [2.24, 2.45) is 11.8 Å². The van der Waals surface area contributed by atoms with Gasteiger partial charge in [0.05, 0.1) is 18.7 Å². The first-order chi connectivity index (χ1) is 23.7. The Morgan fingerprint density at radius 3 is 2.16 bits per heavy atom. The summed E-state index contributed by atoms with van der Waals surface area (Å²) in [6.45, 7) is 14.6. The lowest BCUT2D eigenvalue weighted by molar-refractivity contribution is -0.133. The van der Waals surface area contributed by atoms with E-state index in [1.165, 1.54) is 4.90 Å². The number of amides is 5. The molecule has 1 heterocycles. The minimum absolute atomic E-state index is 0.00883. The van der Waals surface area contributed by atoms with Crippen molar-refractivity contribution in [1.82, 2.24) is 25.8 Å². The number of benzene rings is 2. The predicted octanol–water partition coefficient (Wildman–Crippen LogP) is 5.26. The number of ether oxygens (including phenoxy) is 1. The van der Waals surface area contributed by atoms with Crippen LogP contribution in [0.15, 0.2) is 60.7 Å². The Morgan fingerprint density at radius 1 is 0.960 bits per heavy atom. The molecule has 0 unspecified atom stereocenters. The Kier molecular flexibility index (Phi) is 15.6. The van der Waals surface area contributed by atoms with Crippen molar-refractivity contribution in [3.8, 4) is 0 Å². The van der Waals surface area contributed by atoms with Crippen molar-refractivity contribution in [2.45, 2.75) is 117 Å². The third kappa shape index (κ3) is 13.0. The van der Waals surface area contributed by atoms with Gasteiger partial charge in [-0.15, -0.1) is 0 Å². The maximum absolute atomic E-state index is 14.1. The van der Waals surface area contributed by atoms with Crippen molar-refractivity contribution < 1.29 is 29.0 Å². The number of carbonyl (C=O) groups is 4. The van der Waals surface area contributed by atoms with Gasteiger partial charge in [-0.1, -0.05) is 94.8 Å². The molecule has 1 aliphatic heterocycles. The van der Waals surface area contributed by atoms with Crippen molar-refractivity contribution in [3.63, 3.8) is 0 Å². The van der Waals surface area contributed by atoms with Crippen LogP contribution in [0.4, 0.5) is 9.59 Å². The number of rotatable bonds is 16. The maximum atomic E-state index is 14.1. The molecule has 0 saturated carbocycles. The highest BCUT2D eigenvalue weighted by Gasteiger charge is 2.38. The minimum atomic E-state index is -1.10. The zero-order valence-electron chi connectivity index (χ0n) is 31.0. The molecule has 11 nitrogen and oxygen atoms in total. The van der Waals surface area contributed by atoms with Crippen LogP contribution < -0.4 is 16.0 Å². The van der Waals surface area contributed by atoms with Crippen molar-refractivity contribution in [2.75, 3.05) is 19.6 Å². The van der Waals surface area contributed by atoms with Crippen LogP contribution in [0.25, 0.3) is 0 Å². The Labute approximate surface area is 298 Å². The quantitative estimate of drug-likeness (QED) is 0.189. The SMILES string of the molecule is CC[C@H](C)[C@H](NC(=O)[C@@H]1CCCN1C(=O)OCc1ccccc1)C(=O)N[C@@H](Cc1ccccc1)[C@H](O)CN(CCC(C)C)C(=O)NC(C)(C)C. The lowest BCUT2D eigenvalue weighted by Crippen LogP contribution is -2.59. The minimum Gasteiger partial charge on any atom is -0.445 e. The summed E-state index contributed by atoms with van der Waals surface area (Å²) in [4.78, 5) is 57.1. The molecule has 0 spiro atoms. The van der Waals surface area contributed by atoms with Gasteiger partial charge in [-0.05, 0) is 69.4 Å². The number of hydrogen-bond donors (Lipinski definition) is 4. The van der Waals surface area contributed by atoms with Gasteiger partial charge in [0.1, 0.15) is 18.7 Å². The monoisotopic (exact) mass is 693 g/mol. The van der Waals surface area contributed by atoms with Crippen LogP contribution in [0.5, 0.6) is 0 Å². The van der Waals surface area contributed by atoms with E-state index in [0.29, 0.717) is 44.7 Å². The molecule has 0 radical (unpaired) electrons. The van der Waals surface area contributed by atoms with Crippen molar-refractivity contribution >= 4 is 23.9 Å². The van der Waals surface area contributed by atoms with Crippen LogP contribution in [0, 0.1) is 11.8 Å². The fourth-order valence-electron chi connectivity index (χ4n) is 5.88. The molecule has 2 aromatic rings. The zero-order chi connectivity index (χ0) is 36.8. The topological polar surface area (TPSA) is 140 Å². The van der Waals surface area contributed by atoms with Crippen LogP contribution in [-0.4, -0.2) is 88.2 Å². The molecule has 0 bridgehead atoms. The molecule has 2 aromatic carbocycles. The molecule has 5 amide bonds. The number of nitrogens with zero attached hydrogens (tertiary/aromatic N) is 2. The van der Waals surface area contributed by atoms with Gasteiger partial charge in [0, 0.05) is 18.6 Å². The first-order valence-electron chi connectivity index (χ1n) is 18.1. The van der Waals surface area contributed by atoms with E-state index < -0.39 is 47.7 Å². The average molecular weight is 694 g/mol. The Hall–Kier alpha value is -4.12. The number of likely N-dealkylation sites (tertiary alicyclic amines) is 1. The highest BCUT2D eigenvalue weighted by Crippen LogP contribution is 2.21. The second kappa shape index (κ2) is 19.3. The molecule has 1 aliphatic rings. The third-order valence-electron chi connectivity index (χ3n) is 9.03. The van der Waals surface area contributed by atoms with Crippen LogP contribution >= 0.6 is 0 Å². The number of aliphatic hydroxyl groups is 1. The van der Waals surface area contributed by atoms with Crippen molar-refractivity contribution in [3.05, 3.63) is 71.8 Å². The Balaban J connectivity index is 1.77. The summed E-state index contributed by atoms with van der Waals surface area (Å²) >= 11 is 0. The fraction of sp³-hybridized carbons (Fsp3) is 0.590. The van der Waals surface area contributed by atoms with Gasteiger partial charge in [-0.25, -0.2) is 9.59 Å². The molecular weight excluding hydrogens is 634 g/mol. The lowest BCUT2D eigenvalue weighted by atomic mass is 9.95. The summed E-state index contributed by atoms with van der Waals surface area (Å²) in [7, 11) is 0. The Bertz CT molecular complexity index is 1370. The number of hydrogen-bond acceptors (Lipinski definition) is 6. The Morgan fingerprint density at radius 2 is 1.58 bits per heavy atom. The fourth-order valence-corrected chi connectivity index (χ4v) is 5.88. The molecule has 0 aliphatic carbocycles. The summed E-state index contributed by atoms with van der Waals surface area (Å²) in [5.41, 5.74) is 1.29. The van der Waals surface area contributed by atoms with Gasteiger partial charge >= 0.3 is 12.1 Å². The van der Waals surface area contributed by atoms with E-state index >= 15 is 0 Å². The maximum Gasteiger partial charge on any atom is 0.410 e. The summed E-state index contributed by atoms with van der Waals surface area (Å²) in [6.07, 6.45) is 1.10. The number of urea groups is 1. The van der Waals surface area contributed by atoms with E-state index in [1.807, 2.05) is 95.3 Å². The van der Waals surface area contributed by atoms with E-state index in [2.05, 4.69) is 29.8 Å². The first-order valence-corrected chi connectivity index (χ1v) is 18.1. The molecular formula is C39H59N5O6. The average Bonchev–Trinajstić information content (AvgIpc) is 3.57. The number of aliphatic hydroxyl groups excluding tert-OH is 1. The summed E-state index contributed by atoms with van der Waals surface area (Å²) in [5.74, 6) is -0.748. The number of carbonyl (C=O) groups excluding carboxylic acids is 4. The molecule has 5 atom stereocenters. The molecule has 4 N–H and O–H groups in total. The summed E-state index contributed by atoms with van der Waals surface area (Å²) in [5, 5.41) is 20.7. The van der Waals surface area contributed by atoms with Crippen LogP contribution in [0.3, 0.4) is 0 Å². The molecule has 0 aromatic heterocycles.